The monoisotopic (exact) mass is 415 g/mol. The second-order valence-electron chi connectivity index (χ2n) is 5.28. The normalized spacial score (nSPS) is 11.1. The zero-order chi connectivity index (χ0) is 15.4. The van der Waals surface area contributed by atoms with Crippen molar-refractivity contribution < 1.29 is 4.42 Å². The summed E-state index contributed by atoms with van der Waals surface area (Å²) in [5.74, 6) is 2.60. The van der Waals surface area contributed by atoms with Gasteiger partial charge in [0.05, 0.1) is 20.9 Å². The van der Waals surface area contributed by atoms with Gasteiger partial charge in [0.15, 0.2) is 11.6 Å². The third-order valence-corrected chi connectivity index (χ3v) is 4.34. The maximum Gasteiger partial charge on any atom is 0.199 e. The van der Waals surface area contributed by atoms with Gasteiger partial charge in [-0.25, -0.2) is 9.97 Å². The van der Waals surface area contributed by atoms with E-state index >= 15 is 0 Å². The number of furan rings is 1. The summed E-state index contributed by atoms with van der Waals surface area (Å²) in [7, 11) is 0. The van der Waals surface area contributed by atoms with E-state index in [1.54, 1.807) is 6.26 Å². The number of hydrogen-bond donors (Lipinski definition) is 1. The van der Waals surface area contributed by atoms with E-state index in [0.29, 0.717) is 17.5 Å². The van der Waals surface area contributed by atoms with E-state index in [-0.39, 0.29) is 0 Å². The van der Waals surface area contributed by atoms with Crippen LogP contribution >= 0.6 is 31.9 Å². The van der Waals surface area contributed by atoms with Crippen LogP contribution in [0, 0.1) is 5.92 Å². The largest absolute Gasteiger partial charge is 0.460 e. The van der Waals surface area contributed by atoms with Crippen LogP contribution in [0.3, 0.4) is 0 Å². The minimum absolute atomic E-state index is 0.517. The number of nitrogens with zero attached hydrogens (tertiary/aromatic N) is 2. The number of rotatable bonds is 6. The van der Waals surface area contributed by atoms with Crippen molar-refractivity contribution in [1.29, 1.82) is 0 Å². The first-order valence-corrected chi connectivity index (χ1v) is 8.65. The number of halogens is 2. The van der Waals surface area contributed by atoms with Crippen LogP contribution in [0.4, 0.5) is 5.82 Å². The molecule has 0 spiro atoms. The fraction of sp³-hybridized carbons (Fsp3) is 0.467. The van der Waals surface area contributed by atoms with Crippen molar-refractivity contribution in [3.63, 3.8) is 0 Å². The highest BCUT2D eigenvalue weighted by Crippen LogP contribution is 2.32. The van der Waals surface area contributed by atoms with Gasteiger partial charge in [-0.2, -0.15) is 0 Å². The number of anilines is 1. The van der Waals surface area contributed by atoms with Gasteiger partial charge in [-0.1, -0.05) is 20.8 Å². The molecule has 1 N–H and O–H groups in total. The molecule has 0 aliphatic carbocycles. The molecule has 0 aliphatic heterocycles. The summed E-state index contributed by atoms with van der Waals surface area (Å²) < 4.78 is 7.30. The van der Waals surface area contributed by atoms with Gasteiger partial charge in [0.2, 0.25) is 0 Å². The Morgan fingerprint density at radius 1 is 1.29 bits per heavy atom. The third-order valence-electron chi connectivity index (χ3n) is 2.88. The molecule has 2 rings (SSSR count). The lowest BCUT2D eigenvalue weighted by atomic mass is 10.1. The molecule has 0 saturated carbocycles. The number of aromatic nitrogens is 2. The smallest absolute Gasteiger partial charge is 0.199 e. The van der Waals surface area contributed by atoms with E-state index in [9.17, 15) is 0 Å². The molecule has 0 atom stereocenters. The Kier molecular flexibility index (Phi) is 5.81. The molecule has 0 unspecified atom stereocenters. The van der Waals surface area contributed by atoms with Crippen LogP contribution in [-0.4, -0.2) is 16.5 Å². The van der Waals surface area contributed by atoms with Gasteiger partial charge in [-0.15, -0.1) is 0 Å². The third kappa shape index (κ3) is 4.07. The molecule has 21 heavy (non-hydrogen) atoms. The Bertz CT molecular complexity index is 611. The topological polar surface area (TPSA) is 51.0 Å². The fourth-order valence-corrected chi connectivity index (χ4v) is 2.79. The SMILES string of the molecule is CCCNc1nc(-c2occc2Br)nc(CC(C)C)c1Br. The summed E-state index contributed by atoms with van der Waals surface area (Å²) in [6.07, 6.45) is 3.55. The summed E-state index contributed by atoms with van der Waals surface area (Å²) in [5.41, 5.74) is 0.997. The van der Waals surface area contributed by atoms with Crippen LogP contribution in [0.2, 0.25) is 0 Å². The molecule has 0 amide bonds. The van der Waals surface area contributed by atoms with E-state index < -0.39 is 0 Å². The molecule has 0 fully saturated rings. The van der Waals surface area contributed by atoms with Crippen LogP contribution in [-0.2, 0) is 6.42 Å². The van der Waals surface area contributed by atoms with Gasteiger partial charge in [-0.3, -0.25) is 0 Å². The zero-order valence-corrected chi connectivity index (χ0v) is 15.6. The van der Waals surface area contributed by atoms with E-state index in [1.807, 2.05) is 6.07 Å². The Hall–Kier alpha value is -0.880. The van der Waals surface area contributed by atoms with Crippen molar-refractivity contribution in [3.05, 3.63) is 27.0 Å². The van der Waals surface area contributed by atoms with E-state index in [1.165, 1.54) is 0 Å². The minimum atomic E-state index is 0.517. The van der Waals surface area contributed by atoms with Crippen LogP contribution in [0.5, 0.6) is 0 Å². The second-order valence-corrected chi connectivity index (χ2v) is 6.93. The molecule has 0 bridgehead atoms. The summed E-state index contributed by atoms with van der Waals surface area (Å²) in [6, 6.07) is 1.85. The van der Waals surface area contributed by atoms with Crippen molar-refractivity contribution in [2.75, 3.05) is 11.9 Å². The van der Waals surface area contributed by atoms with Gasteiger partial charge < -0.3 is 9.73 Å². The van der Waals surface area contributed by atoms with Crippen molar-refractivity contribution in [1.82, 2.24) is 9.97 Å². The summed E-state index contributed by atoms with van der Waals surface area (Å²) in [5, 5.41) is 3.34. The maximum atomic E-state index is 5.49. The molecule has 4 nitrogen and oxygen atoms in total. The van der Waals surface area contributed by atoms with Crippen molar-refractivity contribution in [2.45, 2.75) is 33.6 Å². The van der Waals surface area contributed by atoms with Crippen LogP contribution in [0.15, 0.2) is 25.7 Å². The van der Waals surface area contributed by atoms with Crippen molar-refractivity contribution >= 4 is 37.7 Å². The van der Waals surface area contributed by atoms with Crippen LogP contribution < -0.4 is 5.32 Å². The number of nitrogens with one attached hydrogen (secondary N) is 1. The molecule has 0 saturated heterocycles. The van der Waals surface area contributed by atoms with Gasteiger partial charge in [0.25, 0.3) is 0 Å². The highest BCUT2D eigenvalue weighted by Gasteiger charge is 2.17. The van der Waals surface area contributed by atoms with E-state index in [2.05, 4.69) is 67.9 Å². The summed E-state index contributed by atoms with van der Waals surface area (Å²) in [6.45, 7) is 7.35. The predicted molar refractivity (Wildman–Crippen MR) is 92.5 cm³/mol. The van der Waals surface area contributed by atoms with Gasteiger partial charge in [0.1, 0.15) is 5.82 Å². The van der Waals surface area contributed by atoms with Crippen molar-refractivity contribution in [2.24, 2.45) is 5.92 Å². The minimum Gasteiger partial charge on any atom is -0.460 e. The molecule has 0 aliphatic rings. The van der Waals surface area contributed by atoms with Crippen molar-refractivity contribution in [3.8, 4) is 11.6 Å². The average molecular weight is 417 g/mol. The van der Waals surface area contributed by atoms with Gasteiger partial charge >= 0.3 is 0 Å². The first-order valence-electron chi connectivity index (χ1n) is 7.06. The summed E-state index contributed by atoms with van der Waals surface area (Å²) >= 11 is 7.09. The van der Waals surface area contributed by atoms with Gasteiger partial charge in [0, 0.05) is 6.54 Å². The molecular weight excluding hydrogens is 398 g/mol. The lowest BCUT2D eigenvalue weighted by Gasteiger charge is -2.13. The molecule has 2 aromatic rings. The molecular formula is C15H19Br2N3O. The Morgan fingerprint density at radius 2 is 2.05 bits per heavy atom. The zero-order valence-electron chi connectivity index (χ0n) is 12.4. The van der Waals surface area contributed by atoms with Crippen LogP contribution in [0.1, 0.15) is 32.9 Å². The highest BCUT2D eigenvalue weighted by atomic mass is 79.9. The Balaban J connectivity index is 2.47. The first-order chi connectivity index (χ1) is 10.0. The molecule has 114 valence electrons. The predicted octanol–water partition coefficient (Wildman–Crippen LogP) is 5.28. The molecule has 2 heterocycles. The van der Waals surface area contributed by atoms with E-state index in [4.69, 9.17) is 4.42 Å². The second kappa shape index (κ2) is 7.40. The number of hydrogen-bond acceptors (Lipinski definition) is 4. The fourth-order valence-electron chi connectivity index (χ4n) is 1.93. The lowest BCUT2D eigenvalue weighted by Crippen LogP contribution is -2.09. The molecule has 6 heteroatoms. The maximum absolute atomic E-state index is 5.49. The molecule has 2 aromatic heterocycles. The van der Waals surface area contributed by atoms with Gasteiger partial charge in [-0.05, 0) is 56.7 Å². The quantitative estimate of drug-likeness (QED) is 0.695. The standard InChI is InChI=1S/C15H19Br2N3O/c1-4-6-18-14-12(17)11(8-9(2)3)19-15(20-14)13-10(16)5-7-21-13/h5,7,9H,4,6,8H2,1-3H3,(H,18,19,20). The van der Waals surface area contributed by atoms with Crippen LogP contribution in [0.25, 0.3) is 11.6 Å². The Labute approximate surface area is 142 Å². The van der Waals surface area contributed by atoms with E-state index in [0.717, 1.165) is 39.8 Å². The summed E-state index contributed by atoms with van der Waals surface area (Å²) in [4.78, 5) is 9.25. The molecule has 0 radical (unpaired) electrons. The Morgan fingerprint density at radius 3 is 2.62 bits per heavy atom. The highest BCUT2D eigenvalue weighted by molar-refractivity contribution is 9.11. The average Bonchev–Trinajstić information content (AvgIpc) is 2.85. The molecule has 0 aromatic carbocycles. The first kappa shape index (κ1) is 16.5. The lowest BCUT2D eigenvalue weighted by molar-refractivity contribution is 0.573.